The van der Waals surface area contributed by atoms with Crippen molar-refractivity contribution >= 4 is 16.2 Å². The normalized spacial score (nSPS) is 29.2. The number of fused-ring (bicyclic) bond motifs is 3. The standard InChI is InChI=1S/C6H12N.Ga/c1-4-7(5-2)6-3;/h1-6H2;. The topological polar surface area (TPSA) is 3.24 Å². The molecule has 2 heteroatoms. The van der Waals surface area contributed by atoms with E-state index in [1.54, 1.807) is 14.9 Å². The van der Waals surface area contributed by atoms with Gasteiger partial charge in [-0.25, -0.2) is 0 Å². The monoisotopic (exact) mass is 167 g/mol. The Bertz CT molecular complexity index is 63.5. The molecule has 44 valence electrons. The van der Waals surface area contributed by atoms with Gasteiger partial charge in [0.05, 0.1) is 0 Å². The van der Waals surface area contributed by atoms with Crippen molar-refractivity contribution in [2.24, 2.45) is 0 Å². The molecule has 0 amide bonds. The second kappa shape index (κ2) is 2.08. The van der Waals surface area contributed by atoms with E-state index in [2.05, 4.69) is 4.90 Å². The first-order valence-electron chi connectivity index (χ1n) is 3.67. The van der Waals surface area contributed by atoms with E-state index in [-0.39, 0.29) is 0 Å². The fourth-order valence-electron chi connectivity index (χ4n) is 1.86. The molecule has 1 nitrogen and oxygen atoms in total. The zero-order valence-electron chi connectivity index (χ0n) is 5.27. The Labute approximate surface area is 56.1 Å². The second-order valence-corrected chi connectivity index (χ2v) is 10.3. The van der Waals surface area contributed by atoms with E-state index in [0.717, 1.165) is 0 Å². The minimum atomic E-state index is -0.498. The molecule has 3 rings (SSSR count). The summed E-state index contributed by atoms with van der Waals surface area (Å²) in [7, 11) is 0. The predicted molar refractivity (Wildman–Crippen MR) is 36.6 cm³/mol. The fraction of sp³-hybridized carbons (Fsp3) is 1.00. The van der Waals surface area contributed by atoms with Gasteiger partial charge in [-0.2, -0.15) is 0 Å². The van der Waals surface area contributed by atoms with E-state index in [4.69, 9.17) is 0 Å². The molecule has 3 heterocycles. The molecule has 2 bridgehead atoms. The van der Waals surface area contributed by atoms with Gasteiger partial charge < -0.3 is 0 Å². The summed E-state index contributed by atoms with van der Waals surface area (Å²) in [5.74, 6) is 0. The zero-order chi connectivity index (χ0) is 5.40. The molecule has 8 heavy (non-hydrogen) atoms. The van der Waals surface area contributed by atoms with Crippen molar-refractivity contribution in [2.75, 3.05) is 19.6 Å². The number of rotatable bonds is 0. The Morgan fingerprint density at radius 3 is 1.50 bits per heavy atom. The van der Waals surface area contributed by atoms with Crippen molar-refractivity contribution in [3.05, 3.63) is 0 Å². The maximum absolute atomic E-state index is 2.63. The number of hydrogen-bond acceptors (Lipinski definition) is 1. The van der Waals surface area contributed by atoms with E-state index in [0.29, 0.717) is 0 Å². The van der Waals surface area contributed by atoms with E-state index in [9.17, 15) is 0 Å². The average molecular weight is 168 g/mol. The Balaban J connectivity index is 2.03. The van der Waals surface area contributed by atoms with Gasteiger partial charge in [-0.3, -0.25) is 0 Å². The van der Waals surface area contributed by atoms with Gasteiger partial charge in [-0.15, -0.1) is 0 Å². The van der Waals surface area contributed by atoms with Crippen molar-refractivity contribution < 1.29 is 0 Å². The summed E-state index contributed by atoms with van der Waals surface area (Å²) in [6.45, 7) is 4.43. The van der Waals surface area contributed by atoms with Gasteiger partial charge in [0.2, 0.25) is 0 Å². The molecule has 0 aromatic rings. The molecule has 0 radical (unpaired) electrons. The van der Waals surface area contributed by atoms with Crippen LogP contribution in [0.4, 0.5) is 0 Å². The molecule has 0 aromatic carbocycles. The fourth-order valence-corrected chi connectivity index (χ4v) is 8.28. The van der Waals surface area contributed by atoms with Crippen molar-refractivity contribution in [2.45, 2.75) is 14.9 Å². The molecular weight excluding hydrogens is 156 g/mol. The van der Waals surface area contributed by atoms with Crippen LogP contribution in [-0.4, -0.2) is 40.8 Å². The second-order valence-electron chi connectivity index (χ2n) is 3.07. The van der Waals surface area contributed by atoms with Crippen LogP contribution in [-0.2, 0) is 0 Å². The summed E-state index contributed by atoms with van der Waals surface area (Å²) in [4.78, 5) is 7.65. The molecule has 0 atom stereocenters. The van der Waals surface area contributed by atoms with Gasteiger partial charge in [-0.1, -0.05) is 0 Å². The summed E-state index contributed by atoms with van der Waals surface area (Å²) >= 11 is -0.498. The van der Waals surface area contributed by atoms with Crippen LogP contribution in [0.25, 0.3) is 0 Å². The van der Waals surface area contributed by atoms with Crippen LogP contribution >= 0.6 is 0 Å². The van der Waals surface area contributed by atoms with Crippen molar-refractivity contribution in [1.82, 2.24) is 4.90 Å². The van der Waals surface area contributed by atoms with Crippen molar-refractivity contribution in [1.29, 1.82) is 0 Å². The Morgan fingerprint density at radius 1 is 0.875 bits per heavy atom. The molecule has 0 N–H and O–H groups in total. The molecule has 0 aliphatic carbocycles. The van der Waals surface area contributed by atoms with E-state index in [1.165, 1.54) is 19.6 Å². The van der Waals surface area contributed by atoms with Crippen LogP contribution in [0.2, 0.25) is 14.9 Å². The molecule has 3 fully saturated rings. The summed E-state index contributed by atoms with van der Waals surface area (Å²) in [6.07, 6.45) is 0. The van der Waals surface area contributed by atoms with Gasteiger partial charge in [0.25, 0.3) is 0 Å². The molecule has 3 aliphatic heterocycles. The van der Waals surface area contributed by atoms with Crippen LogP contribution in [0.15, 0.2) is 0 Å². The van der Waals surface area contributed by atoms with Crippen LogP contribution in [0.5, 0.6) is 0 Å². The van der Waals surface area contributed by atoms with Crippen LogP contribution < -0.4 is 0 Å². The van der Waals surface area contributed by atoms with Gasteiger partial charge in [-0.05, 0) is 0 Å². The number of nitrogens with zero attached hydrogens (tertiary/aromatic N) is 1. The van der Waals surface area contributed by atoms with Crippen LogP contribution in [0.3, 0.4) is 0 Å². The van der Waals surface area contributed by atoms with E-state index in [1.807, 2.05) is 0 Å². The Hall–Kier alpha value is 0.596. The SMILES string of the molecule is C1[CH2][Ga]2[CH2]CN1C[CH2]2. The van der Waals surface area contributed by atoms with Gasteiger partial charge in [0, 0.05) is 0 Å². The van der Waals surface area contributed by atoms with Crippen molar-refractivity contribution in [3.8, 4) is 0 Å². The molecule has 0 saturated carbocycles. The molecule has 3 aliphatic rings. The van der Waals surface area contributed by atoms with Crippen molar-refractivity contribution in [3.63, 3.8) is 0 Å². The average Bonchev–Trinajstić information content (AvgIpc) is 1.92. The first kappa shape index (κ1) is 5.39. The summed E-state index contributed by atoms with van der Waals surface area (Å²) in [5.41, 5.74) is 0. The molecule has 0 unspecified atom stereocenters. The molecule has 3 saturated heterocycles. The minimum absolute atomic E-state index is 0.498. The maximum atomic E-state index is 2.63. The Morgan fingerprint density at radius 2 is 1.38 bits per heavy atom. The third kappa shape index (κ3) is 0.849. The third-order valence-corrected chi connectivity index (χ3v) is 9.33. The summed E-state index contributed by atoms with van der Waals surface area (Å²) in [5, 5.41) is 0. The van der Waals surface area contributed by atoms with Gasteiger partial charge in [0.1, 0.15) is 0 Å². The number of hydrogen-bond donors (Lipinski definition) is 0. The first-order valence-corrected chi connectivity index (χ1v) is 8.81. The summed E-state index contributed by atoms with van der Waals surface area (Å²) < 4.78 is 0. The van der Waals surface area contributed by atoms with Crippen LogP contribution in [0, 0.1) is 0 Å². The summed E-state index contributed by atoms with van der Waals surface area (Å²) in [6, 6.07) is 0. The molecule has 0 spiro atoms. The third-order valence-electron chi connectivity index (χ3n) is 2.56. The van der Waals surface area contributed by atoms with Crippen LogP contribution in [0.1, 0.15) is 0 Å². The molecular formula is C6H12GaN. The Kier molecular flexibility index (Phi) is 1.40. The molecule has 0 aromatic heterocycles. The van der Waals surface area contributed by atoms with Gasteiger partial charge in [0.15, 0.2) is 0 Å². The quantitative estimate of drug-likeness (QED) is 0.483. The zero-order valence-corrected chi connectivity index (χ0v) is 7.69. The van der Waals surface area contributed by atoms with E-state index < -0.39 is 16.2 Å². The van der Waals surface area contributed by atoms with E-state index >= 15 is 0 Å². The predicted octanol–water partition coefficient (Wildman–Crippen LogP) is 0.810. The first-order chi connectivity index (χ1) is 3.95. The van der Waals surface area contributed by atoms with Gasteiger partial charge >= 0.3 is 55.7 Å².